The Bertz CT molecular complexity index is 627. The average Bonchev–Trinajstić information content (AvgIpc) is 2.87. The molecule has 0 bridgehead atoms. The summed E-state index contributed by atoms with van der Waals surface area (Å²) in [5, 5.41) is 7.31. The standard InChI is InChI=1S/C15H23N5O/c1-7-20-9-11(8-17-20)21-13-10(2)12(16-6)18-14(19-13)15(3,4)5/h8-9H,7H2,1-6H3,(H,16,18,19). The van der Waals surface area contributed by atoms with Gasteiger partial charge < -0.3 is 10.1 Å². The van der Waals surface area contributed by atoms with E-state index >= 15 is 0 Å². The van der Waals surface area contributed by atoms with Crippen LogP contribution < -0.4 is 10.1 Å². The lowest BCUT2D eigenvalue weighted by Crippen LogP contribution is -2.18. The van der Waals surface area contributed by atoms with Crippen LogP contribution in [0.1, 0.15) is 39.1 Å². The molecular weight excluding hydrogens is 266 g/mol. The Morgan fingerprint density at radius 2 is 2.00 bits per heavy atom. The highest BCUT2D eigenvalue weighted by Crippen LogP contribution is 2.30. The van der Waals surface area contributed by atoms with Crippen LogP contribution >= 0.6 is 0 Å². The molecule has 21 heavy (non-hydrogen) atoms. The lowest BCUT2D eigenvalue weighted by Gasteiger charge is -2.19. The summed E-state index contributed by atoms with van der Waals surface area (Å²) in [6, 6.07) is 0. The lowest BCUT2D eigenvalue weighted by molar-refractivity contribution is 0.441. The monoisotopic (exact) mass is 289 g/mol. The van der Waals surface area contributed by atoms with E-state index in [0.29, 0.717) is 11.6 Å². The number of nitrogens with zero attached hydrogens (tertiary/aromatic N) is 4. The molecule has 114 valence electrons. The van der Waals surface area contributed by atoms with Gasteiger partial charge in [-0.05, 0) is 13.8 Å². The maximum atomic E-state index is 5.90. The first-order chi connectivity index (χ1) is 9.85. The predicted molar refractivity (Wildman–Crippen MR) is 83.0 cm³/mol. The van der Waals surface area contributed by atoms with Gasteiger partial charge in [-0.1, -0.05) is 20.8 Å². The molecule has 0 aliphatic carbocycles. The maximum Gasteiger partial charge on any atom is 0.227 e. The molecule has 0 unspecified atom stereocenters. The molecule has 2 rings (SSSR count). The van der Waals surface area contributed by atoms with Gasteiger partial charge in [0.1, 0.15) is 11.6 Å². The topological polar surface area (TPSA) is 64.9 Å². The van der Waals surface area contributed by atoms with Crippen molar-refractivity contribution in [3.05, 3.63) is 23.8 Å². The molecule has 2 aromatic rings. The van der Waals surface area contributed by atoms with Crippen molar-refractivity contribution in [1.29, 1.82) is 0 Å². The molecular formula is C15H23N5O. The fourth-order valence-corrected chi connectivity index (χ4v) is 1.86. The second kappa shape index (κ2) is 5.71. The number of aromatic nitrogens is 4. The van der Waals surface area contributed by atoms with Gasteiger partial charge in [0, 0.05) is 19.0 Å². The summed E-state index contributed by atoms with van der Waals surface area (Å²) in [5.74, 6) is 2.78. The van der Waals surface area contributed by atoms with Gasteiger partial charge in [0.05, 0.1) is 18.0 Å². The first-order valence-corrected chi connectivity index (χ1v) is 7.12. The minimum absolute atomic E-state index is 0.148. The minimum atomic E-state index is -0.148. The number of anilines is 1. The van der Waals surface area contributed by atoms with Crippen LogP contribution in [-0.2, 0) is 12.0 Å². The molecule has 0 aromatic carbocycles. The SMILES string of the molecule is CCn1cc(Oc2nc(C(C)(C)C)nc(NC)c2C)cn1. The molecule has 0 atom stereocenters. The molecule has 0 amide bonds. The fraction of sp³-hybridized carbons (Fsp3) is 0.533. The Hall–Kier alpha value is -2.11. The lowest BCUT2D eigenvalue weighted by atomic mass is 9.95. The number of hydrogen-bond donors (Lipinski definition) is 1. The van der Waals surface area contributed by atoms with Crippen molar-refractivity contribution in [2.75, 3.05) is 12.4 Å². The van der Waals surface area contributed by atoms with Crippen molar-refractivity contribution in [2.24, 2.45) is 0 Å². The van der Waals surface area contributed by atoms with Crippen molar-refractivity contribution in [1.82, 2.24) is 19.7 Å². The van der Waals surface area contributed by atoms with Crippen LogP contribution in [0.3, 0.4) is 0 Å². The van der Waals surface area contributed by atoms with Gasteiger partial charge in [0.15, 0.2) is 5.75 Å². The molecule has 0 aliphatic rings. The van der Waals surface area contributed by atoms with Crippen LogP contribution in [-0.4, -0.2) is 26.8 Å². The number of ether oxygens (including phenoxy) is 1. The Balaban J connectivity index is 2.41. The number of rotatable bonds is 4. The highest BCUT2D eigenvalue weighted by molar-refractivity contribution is 5.49. The van der Waals surface area contributed by atoms with E-state index in [9.17, 15) is 0 Å². The van der Waals surface area contributed by atoms with Crippen LogP contribution in [0.2, 0.25) is 0 Å². The van der Waals surface area contributed by atoms with Crippen LogP contribution in [0.25, 0.3) is 0 Å². The molecule has 0 saturated heterocycles. The quantitative estimate of drug-likeness (QED) is 0.936. The Morgan fingerprint density at radius 1 is 1.29 bits per heavy atom. The van der Waals surface area contributed by atoms with Crippen LogP contribution in [0.4, 0.5) is 5.82 Å². The Morgan fingerprint density at radius 3 is 2.52 bits per heavy atom. The van der Waals surface area contributed by atoms with E-state index in [2.05, 4.69) is 41.2 Å². The van der Waals surface area contributed by atoms with Crippen molar-refractivity contribution in [2.45, 2.75) is 46.6 Å². The number of nitrogens with one attached hydrogen (secondary N) is 1. The molecule has 2 heterocycles. The van der Waals surface area contributed by atoms with Crippen LogP contribution in [0, 0.1) is 6.92 Å². The molecule has 6 nitrogen and oxygen atoms in total. The summed E-state index contributed by atoms with van der Waals surface area (Å²) in [7, 11) is 1.85. The maximum absolute atomic E-state index is 5.90. The number of aryl methyl sites for hydroxylation is 1. The smallest absolute Gasteiger partial charge is 0.227 e. The second-order valence-corrected chi connectivity index (χ2v) is 5.96. The summed E-state index contributed by atoms with van der Waals surface area (Å²) in [6.07, 6.45) is 3.55. The third-order valence-electron chi connectivity index (χ3n) is 3.16. The van der Waals surface area contributed by atoms with E-state index in [0.717, 1.165) is 23.8 Å². The van der Waals surface area contributed by atoms with E-state index in [4.69, 9.17) is 4.74 Å². The first kappa shape index (κ1) is 15.3. The zero-order chi connectivity index (χ0) is 15.6. The van der Waals surface area contributed by atoms with Crippen LogP contribution in [0.15, 0.2) is 12.4 Å². The molecule has 1 N–H and O–H groups in total. The largest absolute Gasteiger partial charge is 0.435 e. The zero-order valence-electron chi connectivity index (χ0n) is 13.6. The van der Waals surface area contributed by atoms with Crippen molar-refractivity contribution in [3.8, 4) is 11.6 Å². The summed E-state index contributed by atoms with van der Waals surface area (Å²) < 4.78 is 7.71. The van der Waals surface area contributed by atoms with Gasteiger partial charge in [0.25, 0.3) is 0 Å². The first-order valence-electron chi connectivity index (χ1n) is 7.12. The van der Waals surface area contributed by atoms with E-state index < -0.39 is 0 Å². The van der Waals surface area contributed by atoms with Gasteiger partial charge in [-0.25, -0.2) is 4.98 Å². The average molecular weight is 289 g/mol. The van der Waals surface area contributed by atoms with Gasteiger partial charge >= 0.3 is 0 Å². The highest BCUT2D eigenvalue weighted by atomic mass is 16.5. The van der Waals surface area contributed by atoms with Gasteiger partial charge in [-0.15, -0.1) is 0 Å². The van der Waals surface area contributed by atoms with E-state index in [-0.39, 0.29) is 5.41 Å². The summed E-state index contributed by atoms with van der Waals surface area (Å²) in [6.45, 7) is 11.0. The third-order valence-corrected chi connectivity index (χ3v) is 3.16. The second-order valence-electron chi connectivity index (χ2n) is 5.96. The summed E-state index contributed by atoms with van der Waals surface area (Å²) in [5.41, 5.74) is 0.736. The zero-order valence-corrected chi connectivity index (χ0v) is 13.6. The molecule has 0 aliphatic heterocycles. The normalized spacial score (nSPS) is 11.5. The Kier molecular flexibility index (Phi) is 4.16. The molecule has 0 radical (unpaired) electrons. The highest BCUT2D eigenvalue weighted by Gasteiger charge is 2.22. The van der Waals surface area contributed by atoms with Crippen molar-refractivity contribution >= 4 is 5.82 Å². The molecule has 6 heteroatoms. The van der Waals surface area contributed by atoms with Gasteiger partial charge in [0.2, 0.25) is 5.88 Å². The van der Waals surface area contributed by atoms with Gasteiger partial charge in [-0.2, -0.15) is 10.1 Å². The van der Waals surface area contributed by atoms with Crippen molar-refractivity contribution in [3.63, 3.8) is 0 Å². The molecule has 2 aromatic heterocycles. The summed E-state index contributed by atoms with van der Waals surface area (Å²) >= 11 is 0. The molecule has 0 spiro atoms. The van der Waals surface area contributed by atoms with E-state index in [1.807, 2.05) is 31.8 Å². The predicted octanol–water partition coefficient (Wildman–Crippen LogP) is 3.13. The number of hydrogen-bond acceptors (Lipinski definition) is 5. The van der Waals surface area contributed by atoms with Crippen LogP contribution in [0.5, 0.6) is 11.6 Å². The van der Waals surface area contributed by atoms with E-state index in [1.165, 1.54) is 0 Å². The Labute approximate surface area is 125 Å². The molecule has 0 fully saturated rings. The third kappa shape index (κ3) is 3.32. The summed E-state index contributed by atoms with van der Waals surface area (Å²) in [4.78, 5) is 9.13. The fourth-order valence-electron chi connectivity index (χ4n) is 1.86. The van der Waals surface area contributed by atoms with Crippen molar-refractivity contribution < 1.29 is 4.74 Å². The minimum Gasteiger partial charge on any atom is -0.435 e. The molecule has 0 saturated carbocycles. The van der Waals surface area contributed by atoms with E-state index in [1.54, 1.807) is 6.20 Å². The van der Waals surface area contributed by atoms with Gasteiger partial charge in [-0.3, -0.25) is 4.68 Å².